The monoisotopic (exact) mass is 478 g/mol. The van der Waals surface area contributed by atoms with Crippen LogP contribution >= 0.6 is 0 Å². The molecule has 0 radical (unpaired) electrons. The Hall–Kier alpha value is -3.54. The standard InChI is InChI=1S/C20H16F4N6O2.C2H6/c21-14-7-11(20(22,23)24)1-2-12(14)17-28-19(32-29-17)13-9-26-30-15(8-16(31)27-18(13)30)10-3-5-25-6-4-10;1-2/h1-2,7-10,25H,3-6H2,(H,27,31);1-2H3. The first-order valence-electron chi connectivity index (χ1n) is 10.8. The van der Waals surface area contributed by atoms with Crippen LogP contribution in [0.1, 0.15) is 43.9 Å². The van der Waals surface area contributed by atoms with E-state index in [4.69, 9.17) is 4.52 Å². The minimum atomic E-state index is -4.67. The van der Waals surface area contributed by atoms with Gasteiger partial charge in [0.25, 0.3) is 11.4 Å². The maximum absolute atomic E-state index is 14.3. The molecule has 0 spiro atoms. The quantitative estimate of drug-likeness (QED) is 0.424. The van der Waals surface area contributed by atoms with E-state index < -0.39 is 17.6 Å². The summed E-state index contributed by atoms with van der Waals surface area (Å²) in [7, 11) is 0. The highest BCUT2D eigenvalue weighted by atomic mass is 19.4. The molecule has 1 fully saturated rings. The zero-order chi connectivity index (χ0) is 24.5. The van der Waals surface area contributed by atoms with Crippen LogP contribution in [0, 0.1) is 5.82 Å². The number of aromatic amines is 1. The largest absolute Gasteiger partial charge is 0.416 e. The third-order valence-electron chi connectivity index (χ3n) is 5.49. The Morgan fingerprint density at radius 3 is 2.53 bits per heavy atom. The SMILES string of the molecule is CC.O=c1cc(C2CCNCC2)n2ncc(-c3nc(-c4ccc(C(F)(F)F)cc4F)no3)c2[nH]1. The van der Waals surface area contributed by atoms with Crippen molar-refractivity contribution in [3.05, 3.63) is 57.9 Å². The predicted molar refractivity (Wildman–Crippen MR) is 116 cm³/mol. The fraction of sp³-hybridized carbons (Fsp3) is 0.364. The number of alkyl halides is 3. The Bertz CT molecular complexity index is 1350. The summed E-state index contributed by atoms with van der Waals surface area (Å²) < 4.78 is 59.5. The summed E-state index contributed by atoms with van der Waals surface area (Å²) in [5.74, 6) is -1.25. The van der Waals surface area contributed by atoms with Gasteiger partial charge in [0.15, 0.2) is 0 Å². The summed E-state index contributed by atoms with van der Waals surface area (Å²) in [5, 5.41) is 11.3. The lowest BCUT2D eigenvalue weighted by atomic mass is 9.94. The normalized spacial score (nSPS) is 14.8. The minimum absolute atomic E-state index is 0.0487. The third-order valence-corrected chi connectivity index (χ3v) is 5.49. The van der Waals surface area contributed by atoms with Gasteiger partial charge in [-0.15, -0.1) is 0 Å². The Labute approximate surface area is 191 Å². The molecule has 0 aliphatic carbocycles. The molecule has 8 nitrogen and oxygen atoms in total. The van der Waals surface area contributed by atoms with E-state index in [9.17, 15) is 22.4 Å². The Morgan fingerprint density at radius 1 is 1.12 bits per heavy atom. The van der Waals surface area contributed by atoms with Crippen molar-refractivity contribution in [3.8, 4) is 22.8 Å². The lowest BCUT2D eigenvalue weighted by Gasteiger charge is -2.23. The van der Waals surface area contributed by atoms with Crippen LogP contribution in [0.4, 0.5) is 17.6 Å². The lowest BCUT2D eigenvalue weighted by Crippen LogP contribution is -2.28. The molecule has 3 aromatic heterocycles. The van der Waals surface area contributed by atoms with E-state index in [2.05, 4.69) is 25.5 Å². The fourth-order valence-corrected chi connectivity index (χ4v) is 3.89. The van der Waals surface area contributed by atoms with Gasteiger partial charge >= 0.3 is 6.18 Å². The van der Waals surface area contributed by atoms with Gasteiger partial charge in [-0.2, -0.15) is 23.3 Å². The topological polar surface area (TPSA) is 101 Å². The molecule has 5 rings (SSSR count). The minimum Gasteiger partial charge on any atom is -0.333 e. The molecule has 4 heterocycles. The first-order valence-corrected chi connectivity index (χ1v) is 10.8. The van der Waals surface area contributed by atoms with Crippen molar-refractivity contribution < 1.29 is 22.1 Å². The smallest absolute Gasteiger partial charge is 0.333 e. The van der Waals surface area contributed by atoms with Crippen molar-refractivity contribution in [2.24, 2.45) is 0 Å². The van der Waals surface area contributed by atoms with E-state index in [0.29, 0.717) is 17.3 Å². The fourth-order valence-electron chi connectivity index (χ4n) is 3.89. The van der Waals surface area contributed by atoms with Crippen LogP contribution in [0.3, 0.4) is 0 Å². The number of rotatable bonds is 3. The van der Waals surface area contributed by atoms with Crippen LogP contribution in [0.5, 0.6) is 0 Å². The van der Waals surface area contributed by atoms with Gasteiger partial charge in [-0.3, -0.25) is 4.79 Å². The van der Waals surface area contributed by atoms with Gasteiger partial charge in [0.2, 0.25) is 5.82 Å². The summed E-state index contributed by atoms with van der Waals surface area (Å²) in [6, 6.07) is 3.58. The Balaban J connectivity index is 0.00000133. The maximum Gasteiger partial charge on any atom is 0.416 e. The van der Waals surface area contributed by atoms with Crippen LogP contribution in [-0.2, 0) is 6.18 Å². The molecule has 180 valence electrons. The number of aromatic nitrogens is 5. The maximum atomic E-state index is 14.3. The van der Waals surface area contributed by atoms with Gasteiger partial charge in [0.1, 0.15) is 17.0 Å². The van der Waals surface area contributed by atoms with Gasteiger partial charge < -0.3 is 14.8 Å². The van der Waals surface area contributed by atoms with E-state index in [1.807, 2.05) is 13.8 Å². The van der Waals surface area contributed by atoms with Gasteiger partial charge in [-0.25, -0.2) is 8.91 Å². The highest BCUT2D eigenvalue weighted by Crippen LogP contribution is 2.33. The molecule has 2 N–H and O–H groups in total. The molecule has 0 saturated carbocycles. The highest BCUT2D eigenvalue weighted by molar-refractivity contribution is 5.72. The van der Waals surface area contributed by atoms with Crippen LogP contribution in [0.2, 0.25) is 0 Å². The number of piperidine rings is 1. The van der Waals surface area contributed by atoms with Crippen molar-refractivity contribution in [2.45, 2.75) is 38.8 Å². The summed E-state index contributed by atoms with van der Waals surface area (Å²) in [6.07, 6.45) is -1.52. The number of hydrogen-bond donors (Lipinski definition) is 2. The van der Waals surface area contributed by atoms with E-state index in [-0.39, 0.29) is 28.8 Å². The van der Waals surface area contributed by atoms with E-state index in [0.717, 1.165) is 43.8 Å². The molecule has 12 heteroatoms. The molecule has 4 aromatic rings. The third kappa shape index (κ3) is 4.45. The average Bonchev–Trinajstić information content (AvgIpc) is 3.47. The van der Waals surface area contributed by atoms with Crippen LogP contribution in [0.25, 0.3) is 28.5 Å². The highest BCUT2D eigenvalue weighted by Gasteiger charge is 2.32. The van der Waals surface area contributed by atoms with Crippen molar-refractivity contribution >= 4 is 5.65 Å². The Kier molecular flexibility index (Phi) is 6.51. The van der Waals surface area contributed by atoms with Crippen molar-refractivity contribution in [2.75, 3.05) is 13.1 Å². The second-order valence-corrected chi connectivity index (χ2v) is 7.52. The molecule has 34 heavy (non-hydrogen) atoms. The number of benzene rings is 1. The molecule has 0 amide bonds. The zero-order valence-corrected chi connectivity index (χ0v) is 18.4. The number of nitrogens with zero attached hydrogens (tertiary/aromatic N) is 4. The summed E-state index contributed by atoms with van der Waals surface area (Å²) >= 11 is 0. The summed E-state index contributed by atoms with van der Waals surface area (Å²) in [5.41, 5.74) is -0.258. The lowest BCUT2D eigenvalue weighted by molar-refractivity contribution is -0.137. The molecule has 1 saturated heterocycles. The first kappa shape index (κ1) is 23.6. The molecule has 0 unspecified atom stereocenters. The second kappa shape index (κ2) is 9.37. The number of fused-ring (bicyclic) bond motifs is 1. The number of halogens is 4. The van der Waals surface area contributed by atoms with Crippen molar-refractivity contribution in [1.29, 1.82) is 0 Å². The van der Waals surface area contributed by atoms with Crippen LogP contribution < -0.4 is 10.9 Å². The molecule has 0 atom stereocenters. The average molecular weight is 478 g/mol. The van der Waals surface area contributed by atoms with Crippen molar-refractivity contribution in [3.63, 3.8) is 0 Å². The molecule has 1 aliphatic heterocycles. The van der Waals surface area contributed by atoms with E-state index in [1.54, 1.807) is 4.52 Å². The second-order valence-electron chi connectivity index (χ2n) is 7.52. The number of H-pyrrole nitrogens is 1. The zero-order valence-electron chi connectivity index (χ0n) is 18.4. The summed E-state index contributed by atoms with van der Waals surface area (Å²) in [4.78, 5) is 19.1. The number of nitrogens with one attached hydrogen (secondary N) is 2. The molecule has 1 aliphatic rings. The van der Waals surface area contributed by atoms with Gasteiger partial charge in [-0.1, -0.05) is 19.0 Å². The van der Waals surface area contributed by atoms with E-state index >= 15 is 0 Å². The molecule has 1 aromatic carbocycles. The first-order chi connectivity index (χ1) is 16.3. The van der Waals surface area contributed by atoms with Gasteiger partial charge in [0, 0.05) is 12.0 Å². The van der Waals surface area contributed by atoms with Gasteiger partial charge in [0.05, 0.1) is 23.0 Å². The molecular formula is C22H22F4N6O2. The Morgan fingerprint density at radius 2 is 1.85 bits per heavy atom. The molecular weight excluding hydrogens is 456 g/mol. The van der Waals surface area contributed by atoms with E-state index in [1.165, 1.54) is 12.3 Å². The number of hydrogen-bond acceptors (Lipinski definition) is 6. The van der Waals surface area contributed by atoms with Crippen LogP contribution in [0.15, 0.2) is 39.8 Å². The van der Waals surface area contributed by atoms with Gasteiger partial charge in [-0.05, 0) is 44.1 Å². The molecule has 0 bridgehead atoms. The van der Waals surface area contributed by atoms with Crippen molar-refractivity contribution in [1.82, 2.24) is 30.1 Å². The van der Waals surface area contributed by atoms with Crippen LogP contribution in [-0.4, -0.2) is 37.8 Å². The predicted octanol–water partition coefficient (Wildman–Crippen LogP) is 4.39. The summed E-state index contributed by atoms with van der Waals surface area (Å²) in [6.45, 7) is 5.66.